The molecule has 1 N–H and O–H groups in total. The molecule has 3 rings (SSSR count). The van der Waals surface area contributed by atoms with Crippen molar-refractivity contribution in [2.45, 2.75) is 13.2 Å². The molecule has 29 heavy (non-hydrogen) atoms. The van der Waals surface area contributed by atoms with Gasteiger partial charge in [0.25, 0.3) is 0 Å². The summed E-state index contributed by atoms with van der Waals surface area (Å²) in [5.74, 6) is 1.21. The molecule has 3 nitrogen and oxygen atoms in total. The van der Waals surface area contributed by atoms with Gasteiger partial charge in [0.15, 0.2) is 11.5 Å². The van der Waals surface area contributed by atoms with Gasteiger partial charge in [-0.3, -0.25) is 0 Å². The van der Waals surface area contributed by atoms with Gasteiger partial charge in [-0.2, -0.15) is 0 Å². The van der Waals surface area contributed by atoms with E-state index < -0.39 is 0 Å². The van der Waals surface area contributed by atoms with Crippen molar-refractivity contribution < 1.29 is 9.47 Å². The first kappa shape index (κ1) is 22.4. The number of ether oxygens (including phenoxy) is 2. The third-order valence-electron chi connectivity index (χ3n) is 4.07. The van der Waals surface area contributed by atoms with Crippen LogP contribution >= 0.6 is 62.3 Å². The third-order valence-corrected chi connectivity index (χ3v) is 5.96. The van der Waals surface area contributed by atoms with Crippen LogP contribution in [-0.2, 0) is 13.2 Å². The summed E-state index contributed by atoms with van der Waals surface area (Å²) in [5, 5.41) is 5.48. The minimum absolute atomic E-state index is 0.321. The Kier molecular flexibility index (Phi) is 7.83. The fourth-order valence-corrected chi connectivity index (χ4v) is 3.91. The van der Waals surface area contributed by atoms with E-state index in [1.165, 1.54) is 0 Å². The van der Waals surface area contributed by atoms with Crippen LogP contribution in [0.3, 0.4) is 0 Å². The summed E-state index contributed by atoms with van der Waals surface area (Å²) in [6.45, 7) is 0.851. The summed E-state index contributed by atoms with van der Waals surface area (Å²) in [4.78, 5) is 0. The first-order chi connectivity index (χ1) is 13.9. The topological polar surface area (TPSA) is 30.5 Å². The van der Waals surface area contributed by atoms with E-state index in [0.717, 1.165) is 21.3 Å². The van der Waals surface area contributed by atoms with E-state index in [9.17, 15) is 0 Å². The Morgan fingerprint density at radius 2 is 1.62 bits per heavy atom. The Labute approximate surface area is 197 Å². The van der Waals surface area contributed by atoms with Crippen LogP contribution in [0.4, 0.5) is 5.69 Å². The summed E-state index contributed by atoms with van der Waals surface area (Å²) in [6, 6.07) is 14.5. The monoisotopic (exact) mass is 533 g/mol. The fraction of sp³-hybridized carbons (Fsp3) is 0.143. The SMILES string of the molecule is COc1cc(CNc2cc(Cl)ccc2Cl)cc(Br)c1OCc1ccc(Cl)c(Cl)c1. The Morgan fingerprint density at radius 1 is 0.862 bits per heavy atom. The molecule has 0 saturated carbocycles. The molecule has 3 aromatic carbocycles. The second kappa shape index (κ2) is 10.1. The lowest BCUT2D eigenvalue weighted by Gasteiger charge is -2.16. The summed E-state index contributed by atoms with van der Waals surface area (Å²) < 4.78 is 12.2. The molecule has 0 saturated heterocycles. The quantitative estimate of drug-likeness (QED) is 0.330. The molecule has 152 valence electrons. The van der Waals surface area contributed by atoms with Gasteiger partial charge in [0.2, 0.25) is 0 Å². The van der Waals surface area contributed by atoms with E-state index in [0.29, 0.717) is 44.7 Å². The molecule has 0 radical (unpaired) electrons. The van der Waals surface area contributed by atoms with Crippen LogP contribution in [0, 0.1) is 0 Å². The molecule has 0 fully saturated rings. The van der Waals surface area contributed by atoms with Crippen LogP contribution in [0.1, 0.15) is 11.1 Å². The van der Waals surface area contributed by atoms with Gasteiger partial charge in [0.05, 0.1) is 32.3 Å². The summed E-state index contributed by atoms with van der Waals surface area (Å²) in [6.07, 6.45) is 0. The van der Waals surface area contributed by atoms with Crippen molar-refractivity contribution in [3.63, 3.8) is 0 Å². The van der Waals surface area contributed by atoms with Crippen molar-refractivity contribution in [3.05, 3.63) is 84.2 Å². The van der Waals surface area contributed by atoms with Crippen LogP contribution in [0.15, 0.2) is 53.0 Å². The largest absolute Gasteiger partial charge is 0.493 e. The number of methoxy groups -OCH3 is 1. The van der Waals surface area contributed by atoms with E-state index in [4.69, 9.17) is 55.9 Å². The van der Waals surface area contributed by atoms with Crippen LogP contribution in [-0.4, -0.2) is 7.11 Å². The van der Waals surface area contributed by atoms with Gasteiger partial charge in [-0.05, 0) is 69.5 Å². The highest BCUT2D eigenvalue weighted by molar-refractivity contribution is 9.10. The molecule has 0 aliphatic rings. The maximum Gasteiger partial charge on any atom is 0.175 e. The molecule has 0 heterocycles. The molecule has 8 heteroatoms. The molecular weight excluding hydrogens is 520 g/mol. The van der Waals surface area contributed by atoms with Gasteiger partial charge in [0, 0.05) is 11.6 Å². The van der Waals surface area contributed by atoms with Gasteiger partial charge < -0.3 is 14.8 Å². The zero-order valence-electron chi connectivity index (χ0n) is 15.2. The lowest BCUT2D eigenvalue weighted by atomic mass is 10.2. The average Bonchev–Trinajstić information content (AvgIpc) is 2.70. The smallest absolute Gasteiger partial charge is 0.175 e. The lowest BCUT2D eigenvalue weighted by molar-refractivity contribution is 0.282. The highest BCUT2D eigenvalue weighted by Crippen LogP contribution is 2.38. The predicted octanol–water partition coefficient (Wildman–Crippen LogP) is 8.26. The van der Waals surface area contributed by atoms with Crippen molar-refractivity contribution in [2.75, 3.05) is 12.4 Å². The van der Waals surface area contributed by atoms with Crippen LogP contribution < -0.4 is 14.8 Å². The van der Waals surface area contributed by atoms with Crippen molar-refractivity contribution in [2.24, 2.45) is 0 Å². The van der Waals surface area contributed by atoms with Gasteiger partial charge in [0.1, 0.15) is 6.61 Å². The standard InChI is InChI=1S/C21H16BrCl4NO2/c1-28-20-8-13(10-27-19-9-14(23)3-5-17(19)25)6-15(22)21(20)29-11-12-2-4-16(24)18(26)7-12/h2-9,27H,10-11H2,1H3. The number of nitrogens with one attached hydrogen (secondary N) is 1. The second-order valence-corrected chi connectivity index (χ2v) is 8.64. The first-order valence-corrected chi connectivity index (χ1v) is 10.8. The zero-order valence-corrected chi connectivity index (χ0v) is 19.8. The summed E-state index contributed by atoms with van der Waals surface area (Å²) in [5.41, 5.74) is 2.63. The summed E-state index contributed by atoms with van der Waals surface area (Å²) >= 11 is 27.8. The van der Waals surface area contributed by atoms with Crippen LogP contribution in [0.25, 0.3) is 0 Å². The van der Waals surface area contributed by atoms with Crippen molar-refractivity contribution in [3.8, 4) is 11.5 Å². The molecule has 0 atom stereocenters. The minimum Gasteiger partial charge on any atom is -0.493 e. The molecule has 0 aromatic heterocycles. The van der Waals surface area contributed by atoms with E-state index >= 15 is 0 Å². The Bertz CT molecular complexity index is 1030. The molecule has 0 spiro atoms. The fourth-order valence-electron chi connectivity index (χ4n) is 2.63. The van der Waals surface area contributed by atoms with E-state index in [2.05, 4.69) is 21.2 Å². The average molecular weight is 536 g/mol. The molecular formula is C21H16BrCl4NO2. The van der Waals surface area contributed by atoms with Gasteiger partial charge in [-0.25, -0.2) is 0 Å². The molecule has 0 bridgehead atoms. The van der Waals surface area contributed by atoms with E-state index in [-0.39, 0.29) is 0 Å². The van der Waals surface area contributed by atoms with Gasteiger partial charge in [-0.15, -0.1) is 0 Å². The molecule has 3 aromatic rings. The zero-order chi connectivity index (χ0) is 21.0. The predicted molar refractivity (Wildman–Crippen MR) is 125 cm³/mol. The maximum absolute atomic E-state index is 6.21. The molecule has 0 aliphatic heterocycles. The highest BCUT2D eigenvalue weighted by Gasteiger charge is 2.13. The van der Waals surface area contributed by atoms with Gasteiger partial charge in [-0.1, -0.05) is 52.5 Å². The van der Waals surface area contributed by atoms with Gasteiger partial charge >= 0.3 is 0 Å². The number of benzene rings is 3. The molecule has 0 unspecified atom stereocenters. The molecule has 0 aliphatic carbocycles. The minimum atomic E-state index is 0.321. The highest BCUT2D eigenvalue weighted by atomic mass is 79.9. The van der Waals surface area contributed by atoms with Crippen molar-refractivity contribution in [1.82, 2.24) is 0 Å². The van der Waals surface area contributed by atoms with Crippen molar-refractivity contribution in [1.29, 1.82) is 0 Å². The Balaban J connectivity index is 1.74. The number of hydrogen-bond acceptors (Lipinski definition) is 3. The maximum atomic E-state index is 6.21. The lowest BCUT2D eigenvalue weighted by Crippen LogP contribution is -2.03. The first-order valence-electron chi connectivity index (χ1n) is 8.49. The third kappa shape index (κ3) is 5.87. The summed E-state index contributed by atoms with van der Waals surface area (Å²) in [7, 11) is 1.60. The van der Waals surface area contributed by atoms with Crippen molar-refractivity contribution >= 4 is 68.0 Å². The van der Waals surface area contributed by atoms with E-state index in [1.54, 1.807) is 37.4 Å². The Hall–Kier alpha value is -1.30. The number of anilines is 1. The van der Waals surface area contributed by atoms with Crippen LogP contribution in [0.5, 0.6) is 11.5 Å². The Morgan fingerprint density at radius 3 is 2.34 bits per heavy atom. The number of rotatable bonds is 7. The number of hydrogen-bond donors (Lipinski definition) is 1. The van der Waals surface area contributed by atoms with Crippen LogP contribution in [0.2, 0.25) is 20.1 Å². The normalized spacial score (nSPS) is 10.7. The number of halogens is 5. The second-order valence-electron chi connectivity index (χ2n) is 6.12. The van der Waals surface area contributed by atoms with E-state index in [1.807, 2.05) is 18.2 Å². The molecule has 0 amide bonds.